The molecule has 1 unspecified atom stereocenters. The first kappa shape index (κ1) is 13.6. The van der Waals surface area contributed by atoms with Gasteiger partial charge in [-0.25, -0.2) is 4.79 Å². The lowest BCUT2D eigenvalue weighted by Crippen LogP contribution is -2.25. The number of carbonyl (C=O) groups is 2. The van der Waals surface area contributed by atoms with Crippen LogP contribution in [0, 0.1) is 12.8 Å². The Morgan fingerprint density at radius 2 is 2.32 bits per heavy atom. The lowest BCUT2D eigenvalue weighted by Gasteiger charge is -2.07. The molecule has 1 aliphatic rings. The Kier molecular flexibility index (Phi) is 4.21. The highest BCUT2D eigenvalue weighted by molar-refractivity contribution is 5.88. The highest BCUT2D eigenvalue weighted by Crippen LogP contribution is 2.17. The monoisotopic (exact) mass is 267 g/mol. The van der Waals surface area contributed by atoms with E-state index in [2.05, 4.69) is 5.32 Å². The molecule has 0 radical (unpaired) electrons. The average Bonchev–Trinajstić information content (AvgIpc) is 2.96. The molecular weight excluding hydrogens is 250 g/mol. The van der Waals surface area contributed by atoms with Crippen molar-refractivity contribution in [1.82, 2.24) is 5.32 Å². The smallest absolute Gasteiger partial charge is 0.339 e. The van der Waals surface area contributed by atoms with Gasteiger partial charge in [-0.15, -0.1) is 0 Å². The number of aryl methyl sites for hydroxylation is 1. The van der Waals surface area contributed by atoms with Crippen LogP contribution in [-0.4, -0.2) is 30.2 Å². The van der Waals surface area contributed by atoms with Crippen LogP contribution >= 0.6 is 0 Å². The Hall–Kier alpha value is -1.82. The molecule has 0 bridgehead atoms. The van der Waals surface area contributed by atoms with Crippen LogP contribution < -0.4 is 5.32 Å². The third kappa shape index (κ3) is 3.57. The summed E-state index contributed by atoms with van der Waals surface area (Å²) in [4.78, 5) is 22.5. The number of hydrogen-bond acceptors (Lipinski definition) is 4. The van der Waals surface area contributed by atoms with E-state index in [1.54, 1.807) is 6.92 Å². The number of hydrogen-bond donors (Lipinski definition) is 2. The van der Waals surface area contributed by atoms with Gasteiger partial charge in [-0.3, -0.25) is 4.79 Å². The lowest BCUT2D eigenvalue weighted by atomic mass is 10.1. The second-order valence-corrected chi connectivity index (χ2v) is 4.70. The van der Waals surface area contributed by atoms with Crippen molar-refractivity contribution < 1.29 is 23.8 Å². The normalized spacial score (nSPS) is 18.5. The first-order chi connectivity index (χ1) is 9.06. The van der Waals surface area contributed by atoms with Gasteiger partial charge in [0.2, 0.25) is 5.91 Å². The number of nitrogens with one attached hydrogen (secondary N) is 1. The predicted octanol–water partition coefficient (Wildman–Crippen LogP) is 1.33. The molecule has 6 nitrogen and oxygen atoms in total. The standard InChI is InChI=1S/C13H17NO5/c1-8-11(13(16)17)5-10(19-8)6-14-12(15)4-9-2-3-18-7-9/h5,9H,2-4,6-7H2,1H3,(H,14,15)(H,16,17). The molecule has 2 heterocycles. The van der Waals surface area contributed by atoms with Crippen molar-refractivity contribution in [2.75, 3.05) is 13.2 Å². The molecule has 1 fully saturated rings. The molecule has 0 aliphatic carbocycles. The van der Waals surface area contributed by atoms with E-state index in [9.17, 15) is 9.59 Å². The first-order valence-corrected chi connectivity index (χ1v) is 6.23. The molecule has 1 aliphatic heterocycles. The largest absolute Gasteiger partial charge is 0.478 e. The second-order valence-electron chi connectivity index (χ2n) is 4.70. The van der Waals surface area contributed by atoms with Crippen LogP contribution in [0.5, 0.6) is 0 Å². The van der Waals surface area contributed by atoms with Crippen molar-refractivity contribution in [3.8, 4) is 0 Å². The van der Waals surface area contributed by atoms with Gasteiger partial charge in [0.05, 0.1) is 6.54 Å². The zero-order valence-corrected chi connectivity index (χ0v) is 10.8. The lowest BCUT2D eigenvalue weighted by molar-refractivity contribution is -0.122. The molecule has 1 amide bonds. The van der Waals surface area contributed by atoms with Gasteiger partial charge in [-0.05, 0) is 25.3 Å². The SMILES string of the molecule is Cc1oc(CNC(=O)CC2CCOC2)cc1C(=O)O. The van der Waals surface area contributed by atoms with Crippen LogP contribution in [0.3, 0.4) is 0 Å². The summed E-state index contributed by atoms with van der Waals surface area (Å²) in [5, 5.41) is 11.6. The van der Waals surface area contributed by atoms with Gasteiger partial charge in [-0.1, -0.05) is 0 Å². The molecule has 6 heteroatoms. The van der Waals surface area contributed by atoms with E-state index in [1.807, 2.05) is 0 Å². The van der Waals surface area contributed by atoms with Crippen molar-refractivity contribution in [3.05, 3.63) is 23.2 Å². The second kappa shape index (κ2) is 5.88. The fraction of sp³-hybridized carbons (Fsp3) is 0.538. The van der Waals surface area contributed by atoms with Crippen LogP contribution in [0.2, 0.25) is 0 Å². The highest BCUT2D eigenvalue weighted by Gasteiger charge is 2.19. The number of furan rings is 1. The van der Waals surface area contributed by atoms with Crippen LogP contribution in [0.15, 0.2) is 10.5 Å². The maximum Gasteiger partial charge on any atom is 0.339 e. The molecule has 1 aromatic heterocycles. The average molecular weight is 267 g/mol. The van der Waals surface area contributed by atoms with E-state index in [4.69, 9.17) is 14.3 Å². The van der Waals surface area contributed by atoms with E-state index in [0.29, 0.717) is 24.5 Å². The first-order valence-electron chi connectivity index (χ1n) is 6.23. The summed E-state index contributed by atoms with van der Waals surface area (Å²) in [5.74, 6) is -0.0110. The Balaban J connectivity index is 1.82. The molecule has 0 saturated carbocycles. The van der Waals surface area contributed by atoms with Gasteiger partial charge in [0, 0.05) is 19.6 Å². The number of carbonyl (C=O) groups excluding carboxylic acids is 1. The van der Waals surface area contributed by atoms with Gasteiger partial charge in [0.1, 0.15) is 17.1 Å². The van der Waals surface area contributed by atoms with Crippen molar-refractivity contribution in [2.45, 2.75) is 26.3 Å². The zero-order valence-electron chi connectivity index (χ0n) is 10.8. The van der Waals surface area contributed by atoms with Gasteiger partial charge in [-0.2, -0.15) is 0 Å². The highest BCUT2D eigenvalue weighted by atomic mass is 16.5. The Bertz CT molecular complexity index is 473. The summed E-state index contributed by atoms with van der Waals surface area (Å²) in [6.07, 6.45) is 1.35. The molecular formula is C13H17NO5. The maximum absolute atomic E-state index is 11.7. The molecule has 1 atom stereocenters. The van der Waals surface area contributed by atoms with E-state index >= 15 is 0 Å². The summed E-state index contributed by atoms with van der Waals surface area (Å²) in [6, 6.07) is 1.44. The maximum atomic E-state index is 11.7. The van der Waals surface area contributed by atoms with E-state index in [-0.39, 0.29) is 23.9 Å². The number of rotatable bonds is 5. The van der Waals surface area contributed by atoms with Crippen LogP contribution in [0.25, 0.3) is 0 Å². The quantitative estimate of drug-likeness (QED) is 0.840. The van der Waals surface area contributed by atoms with Crippen LogP contribution in [0.4, 0.5) is 0 Å². The Morgan fingerprint density at radius 1 is 1.53 bits per heavy atom. The van der Waals surface area contributed by atoms with Gasteiger partial charge >= 0.3 is 5.97 Å². The Morgan fingerprint density at radius 3 is 2.89 bits per heavy atom. The van der Waals surface area contributed by atoms with Crippen molar-refractivity contribution in [1.29, 1.82) is 0 Å². The van der Waals surface area contributed by atoms with Gasteiger partial charge < -0.3 is 19.6 Å². The summed E-state index contributed by atoms with van der Waals surface area (Å²) >= 11 is 0. The molecule has 2 rings (SSSR count). The minimum absolute atomic E-state index is 0.0681. The predicted molar refractivity (Wildman–Crippen MR) is 65.8 cm³/mol. The number of ether oxygens (including phenoxy) is 1. The molecule has 2 N–H and O–H groups in total. The number of aromatic carboxylic acids is 1. The molecule has 0 spiro atoms. The summed E-state index contributed by atoms with van der Waals surface area (Å²) in [6.45, 7) is 3.15. The van der Waals surface area contributed by atoms with Crippen molar-refractivity contribution in [3.63, 3.8) is 0 Å². The number of carboxylic acid groups (broad SMARTS) is 1. The summed E-state index contributed by atoms with van der Waals surface area (Å²) < 4.78 is 10.5. The summed E-state index contributed by atoms with van der Waals surface area (Å²) in [5.41, 5.74) is 0.133. The zero-order chi connectivity index (χ0) is 13.8. The minimum Gasteiger partial charge on any atom is -0.478 e. The number of amides is 1. The van der Waals surface area contributed by atoms with Gasteiger partial charge in [0.15, 0.2) is 0 Å². The van der Waals surface area contributed by atoms with Crippen LogP contribution in [-0.2, 0) is 16.1 Å². The van der Waals surface area contributed by atoms with E-state index < -0.39 is 5.97 Å². The molecule has 0 aromatic carbocycles. The molecule has 1 saturated heterocycles. The third-order valence-electron chi connectivity index (χ3n) is 3.16. The minimum atomic E-state index is -1.03. The van der Waals surface area contributed by atoms with Crippen LogP contribution in [0.1, 0.15) is 34.7 Å². The fourth-order valence-electron chi connectivity index (χ4n) is 2.11. The third-order valence-corrected chi connectivity index (χ3v) is 3.16. The Labute approximate surface area is 110 Å². The number of carboxylic acids is 1. The fourth-order valence-corrected chi connectivity index (χ4v) is 2.11. The van der Waals surface area contributed by atoms with E-state index in [0.717, 1.165) is 13.0 Å². The topological polar surface area (TPSA) is 88.8 Å². The summed E-state index contributed by atoms with van der Waals surface area (Å²) in [7, 11) is 0. The van der Waals surface area contributed by atoms with E-state index in [1.165, 1.54) is 6.07 Å². The molecule has 104 valence electrons. The van der Waals surface area contributed by atoms with Crippen molar-refractivity contribution in [2.24, 2.45) is 5.92 Å². The van der Waals surface area contributed by atoms with Gasteiger partial charge in [0.25, 0.3) is 0 Å². The van der Waals surface area contributed by atoms with Crippen molar-refractivity contribution >= 4 is 11.9 Å². The molecule has 19 heavy (non-hydrogen) atoms. The molecule has 1 aromatic rings.